The SMILES string of the molecule is CC1CC(NC(=O)C(Sc2cc(F)ccc2F)c2ccccc2)CCN1. The van der Waals surface area contributed by atoms with E-state index in [2.05, 4.69) is 17.6 Å². The van der Waals surface area contributed by atoms with E-state index in [4.69, 9.17) is 0 Å². The van der Waals surface area contributed by atoms with Crippen molar-refractivity contribution >= 4 is 17.7 Å². The lowest BCUT2D eigenvalue weighted by molar-refractivity contribution is -0.121. The molecule has 1 aliphatic rings. The van der Waals surface area contributed by atoms with E-state index in [1.165, 1.54) is 0 Å². The van der Waals surface area contributed by atoms with Crippen LogP contribution in [0.4, 0.5) is 8.78 Å². The maximum absolute atomic E-state index is 14.1. The molecule has 3 rings (SSSR count). The Morgan fingerprint density at radius 3 is 2.73 bits per heavy atom. The Balaban J connectivity index is 1.81. The van der Waals surface area contributed by atoms with E-state index < -0.39 is 16.9 Å². The number of amides is 1. The highest BCUT2D eigenvalue weighted by Crippen LogP contribution is 2.37. The summed E-state index contributed by atoms with van der Waals surface area (Å²) in [5.41, 5.74) is 0.764. The summed E-state index contributed by atoms with van der Waals surface area (Å²) in [6.07, 6.45) is 1.71. The van der Waals surface area contributed by atoms with Crippen molar-refractivity contribution in [1.82, 2.24) is 10.6 Å². The molecule has 1 amide bonds. The van der Waals surface area contributed by atoms with Crippen molar-refractivity contribution in [2.45, 2.75) is 42.0 Å². The molecular formula is C20H22F2N2OS. The summed E-state index contributed by atoms with van der Waals surface area (Å²) in [5.74, 6) is -1.22. The fourth-order valence-electron chi connectivity index (χ4n) is 3.14. The van der Waals surface area contributed by atoms with Gasteiger partial charge < -0.3 is 10.6 Å². The number of piperidine rings is 1. The minimum atomic E-state index is -0.641. The Morgan fingerprint density at radius 2 is 2.00 bits per heavy atom. The van der Waals surface area contributed by atoms with Gasteiger partial charge in [-0.05, 0) is 50.1 Å². The van der Waals surface area contributed by atoms with Crippen molar-refractivity contribution in [3.8, 4) is 0 Å². The van der Waals surface area contributed by atoms with E-state index in [0.29, 0.717) is 6.04 Å². The third-order valence-electron chi connectivity index (χ3n) is 4.45. The lowest BCUT2D eigenvalue weighted by atomic mass is 10.00. The third kappa shape index (κ3) is 4.83. The van der Waals surface area contributed by atoms with Crippen molar-refractivity contribution in [1.29, 1.82) is 0 Å². The Hall–Kier alpha value is -1.92. The first kappa shape index (κ1) is 18.9. The molecular weight excluding hydrogens is 354 g/mol. The number of benzene rings is 2. The first-order chi connectivity index (χ1) is 12.5. The molecule has 1 saturated heterocycles. The lowest BCUT2D eigenvalue weighted by Gasteiger charge is -2.30. The lowest BCUT2D eigenvalue weighted by Crippen LogP contribution is -2.47. The van der Waals surface area contributed by atoms with Crippen molar-refractivity contribution in [2.24, 2.45) is 0 Å². The smallest absolute Gasteiger partial charge is 0.238 e. The fraction of sp³-hybridized carbons (Fsp3) is 0.350. The van der Waals surface area contributed by atoms with Crippen LogP contribution in [0.5, 0.6) is 0 Å². The fourth-order valence-corrected chi connectivity index (χ4v) is 4.22. The van der Waals surface area contributed by atoms with Gasteiger partial charge in [-0.3, -0.25) is 4.79 Å². The number of nitrogens with one attached hydrogen (secondary N) is 2. The second-order valence-corrected chi connectivity index (χ2v) is 7.72. The summed E-state index contributed by atoms with van der Waals surface area (Å²) in [6, 6.07) is 12.9. The van der Waals surface area contributed by atoms with Gasteiger partial charge in [0.1, 0.15) is 16.9 Å². The molecule has 3 atom stereocenters. The zero-order chi connectivity index (χ0) is 18.5. The minimum Gasteiger partial charge on any atom is -0.352 e. The quantitative estimate of drug-likeness (QED) is 0.774. The van der Waals surface area contributed by atoms with Gasteiger partial charge in [-0.1, -0.05) is 30.3 Å². The van der Waals surface area contributed by atoms with Crippen LogP contribution in [0.2, 0.25) is 0 Å². The molecule has 138 valence electrons. The molecule has 0 aliphatic carbocycles. The summed E-state index contributed by atoms with van der Waals surface area (Å²) in [6.45, 7) is 2.94. The van der Waals surface area contributed by atoms with Gasteiger partial charge in [0.05, 0.1) is 0 Å². The van der Waals surface area contributed by atoms with Gasteiger partial charge in [0.2, 0.25) is 5.91 Å². The number of rotatable bonds is 5. The Labute approximate surface area is 156 Å². The number of hydrogen-bond donors (Lipinski definition) is 2. The molecule has 26 heavy (non-hydrogen) atoms. The molecule has 3 nitrogen and oxygen atoms in total. The van der Waals surface area contributed by atoms with Gasteiger partial charge in [-0.15, -0.1) is 11.8 Å². The number of carbonyl (C=O) groups excluding carboxylic acids is 1. The van der Waals surface area contributed by atoms with Crippen molar-refractivity contribution in [3.05, 3.63) is 65.7 Å². The van der Waals surface area contributed by atoms with Gasteiger partial charge in [-0.2, -0.15) is 0 Å². The largest absolute Gasteiger partial charge is 0.352 e. The predicted octanol–water partition coefficient (Wildman–Crippen LogP) is 4.05. The molecule has 2 aromatic carbocycles. The molecule has 1 heterocycles. The van der Waals surface area contributed by atoms with Crippen molar-refractivity contribution in [3.63, 3.8) is 0 Å². The number of thioether (sulfide) groups is 1. The van der Waals surface area contributed by atoms with Crippen LogP contribution in [0.3, 0.4) is 0 Å². The van der Waals surface area contributed by atoms with Gasteiger partial charge in [0.15, 0.2) is 0 Å². The van der Waals surface area contributed by atoms with Crippen LogP contribution in [0.1, 0.15) is 30.6 Å². The van der Waals surface area contributed by atoms with E-state index in [0.717, 1.165) is 54.9 Å². The van der Waals surface area contributed by atoms with E-state index in [1.54, 1.807) is 0 Å². The molecule has 2 aromatic rings. The highest BCUT2D eigenvalue weighted by Gasteiger charge is 2.27. The van der Waals surface area contributed by atoms with Crippen LogP contribution >= 0.6 is 11.8 Å². The normalized spacial score (nSPS) is 21.2. The van der Waals surface area contributed by atoms with E-state index in [1.807, 2.05) is 30.3 Å². The minimum absolute atomic E-state index is 0.0860. The topological polar surface area (TPSA) is 41.1 Å². The van der Waals surface area contributed by atoms with E-state index >= 15 is 0 Å². The summed E-state index contributed by atoms with van der Waals surface area (Å²) in [7, 11) is 0. The average molecular weight is 376 g/mol. The summed E-state index contributed by atoms with van der Waals surface area (Å²) in [5, 5.41) is 5.80. The van der Waals surface area contributed by atoms with Crippen molar-refractivity contribution in [2.75, 3.05) is 6.54 Å². The van der Waals surface area contributed by atoms with Gasteiger partial charge >= 0.3 is 0 Å². The number of hydrogen-bond acceptors (Lipinski definition) is 3. The first-order valence-corrected chi connectivity index (χ1v) is 9.61. The predicted molar refractivity (Wildman–Crippen MR) is 100 cm³/mol. The molecule has 0 bridgehead atoms. The van der Waals surface area contributed by atoms with Crippen LogP contribution in [0, 0.1) is 11.6 Å². The average Bonchev–Trinajstić information content (AvgIpc) is 2.63. The number of carbonyl (C=O) groups is 1. The number of halogens is 2. The second-order valence-electron chi connectivity index (χ2n) is 6.57. The highest BCUT2D eigenvalue weighted by molar-refractivity contribution is 8.00. The van der Waals surface area contributed by atoms with E-state index in [-0.39, 0.29) is 16.8 Å². The molecule has 0 saturated carbocycles. The van der Waals surface area contributed by atoms with Gasteiger partial charge in [0, 0.05) is 17.0 Å². The third-order valence-corrected chi connectivity index (χ3v) is 5.74. The Morgan fingerprint density at radius 1 is 1.23 bits per heavy atom. The summed E-state index contributed by atoms with van der Waals surface area (Å²) < 4.78 is 27.6. The molecule has 1 fully saturated rings. The van der Waals surface area contributed by atoms with Crippen LogP contribution in [0.25, 0.3) is 0 Å². The Bertz CT molecular complexity index is 757. The highest BCUT2D eigenvalue weighted by atomic mass is 32.2. The van der Waals surface area contributed by atoms with Gasteiger partial charge in [-0.25, -0.2) is 8.78 Å². The zero-order valence-corrected chi connectivity index (χ0v) is 15.4. The molecule has 3 unspecified atom stereocenters. The van der Waals surface area contributed by atoms with Crippen LogP contribution in [-0.4, -0.2) is 24.5 Å². The molecule has 0 radical (unpaired) electrons. The van der Waals surface area contributed by atoms with Crippen molar-refractivity contribution < 1.29 is 13.6 Å². The van der Waals surface area contributed by atoms with Crippen LogP contribution < -0.4 is 10.6 Å². The molecule has 0 aromatic heterocycles. The molecule has 1 aliphatic heterocycles. The van der Waals surface area contributed by atoms with Gasteiger partial charge in [0.25, 0.3) is 0 Å². The zero-order valence-electron chi connectivity index (χ0n) is 14.5. The Kier molecular flexibility index (Phi) is 6.27. The standard InChI is InChI=1S/C20H22F2N2OS/c1-13-11-16(9-10-23-13)24-20(25)19(14-5-3-2-4-6-14)26-18-12-15(21)7-8-17(18)22/h2-8,12-13,16,19,23H,9-11H2,1H3,(H,24,25). The monoisotopic (exact) mass is 376 g/mol. The summed E-state index contributed by atoms with van der Waals surface area (Å²) in [4.78, 5) is 13.1. The van der Waals surface area contributed by atoms with Crippen LogP contribution in [0.15, 0.2) is 53.4 Å². The van der Waals surface area contributed by atoms with Crippen LogP contribution in [-0.2, 0) is 4.79 Å². The molecule has 6 heteroatoms. The van der Waals surface area contributed by atoms with E-state index in [9.17, 15) is 13.6 Å². The molecule has 2 N–H and O–H groups in total. The maximum Gasteiger partial charge on any atom is 0.238 e. The summed E-state index contributed by atoms with van der Waals surface area (Å²) >= 11 is 1.04. The maximum atomic E-state index is 14.1. The molecule has 0 spiro atoms. The second kappa shape index (κ2) is 8.64. The first-order valence-electron chi connectivity index (χ1n) is 8.73.